The Bertz CT molecular complexity index is 330. The van der Waals surface area contributed by atoms with Crippen molar-refractivity contribution in [2.75, 3.05) is 0 Å². The molecule has 3 nitrogen and oxygen atoms in total. The van der Waals surface area contributed by atoms with Gasteiger partial charge >= 0.3 is 0 Å². The molecule has 0 aromatic rings. The Labute approximate surface area is 110 Å². The van der Waals surface area contributed by atoms with E-state index in [0.29, 0.717) is 18.0 Å². The molecule has 1 amide bonds. The van der Waals surface area contributed by atoms with Crippen molar-refractivity contribution in [3.8, 4) is 0 Å². The van der Waals surface area contributed by atoms with Gasteiger partial charge in [-0.3, -0.25) is 4.79 Å². The van der Waals surface area contributed by atoms with Gasteiger partial charge in [-0.2, -0.15) is 0 Å². The summed E-state index contributed by atoms with van der Waals surface area (Å²) in [6.45, 7) is 2.24. The van der Waals surface area contributed by atoms with Gasteiger partial charge in [0.05, 0.1) is 0 Å². The van der Waals surface area contributed by atoms with Crippen LogP contribution >= 0.6 is 0 Å². The van der Waals surface area contributed by atoms with Crippen molar-refractivity contribution in [1.82, 2.24) is 4.90 Å². The van der Waals surface area contributed by atoms with Crippen LogP contribution in [0.25, 0.3) is 0 Å². The number of hydrogen-bond donors (Lipinski definition) is 1. The van der Waals surface area contributed by atoms with Gasteiger partial charge in [-0.15, -0.1) is 0 Å². The van der Waals surface area contributed by atoms with Crippen LogP contribution < -0.4 is 5.73 Å². The Morgan fingerprint density at radius 1 is 1.11 bits per heavy atom. The summed E-state index contributed by atoms with van der Waals surface area (Å²) in [7, 11) is 0. The van der Waals surface area contributed by atoms with Gasteiger partial charge in [0.2, 0.25) is 5.91 Å². The lowest BCUT2D eigenvalue weighted by Gasteiger charge is -2.35. The summed E-state index contributed by atoms with van der Waals surface area (Å²) >= 11 is 0. The first-order chi connectivity index (χ1) is 8.66. The number of nitrogens with two attached hydrogens (primary N) is 1. The first kappa shape index (κ1) is 12.5. The maximum absolute atomic E-state index is 12.7. The first-order valence-electron chi connectivity index (χ1n) is 7.74. The third-order valence-electron chi connectivity index (χ3n) is 5.42. The molecule has 1 saturated heterocycles. The molecule has 0 bridgehead atoms. The van der Waals surface area contributed by atoms with Crippen LogP contribution in [0.15, 0.2) is 0 Å². The van der Waals surface area contributed by atoms with Crippen LogP contribution in [-0.4, -0.2) is 28.9 Å². The quantitative estimate of drug-likeness (QED) is 0.776. The van der Waals surface area contributed by atoms with E-state index in [1.54, 1.807) is 0 Å². The van der Waals surface area contributed by atoms with E-state index in [-0.39, 0.29) is 12.0 Å². The molecule has 5 atom stereocenters. The van der Waals surface area contributed by atoms with Crippen molar-refractivity contribution >= 4 is 5.91 Å². The van der Waals surface area contributed by atoms with Crippen molar-refractivity contribution in [3.63, 3.8) is 0 Å². The van der Waals surface area contributed by atoms with E-state index in [0.717, 1.165) is 25.2 Å². The minimum absolute atomic E-state index is 0.225. The average molecular weight is 250 g/mol. The molecule has 0 aromatic carbocycles. The number of likely N-dealkylation sites (tertiary alicyclic amines) is 1. The van der Waals surface area contributed by atoms with Gasteiger partial charge in [-0.1, -0.05) is 12.8 Å². The Balaban J connectivity index is 1.72. The van der Waals surface area contributed by atoms with Gasteiger partial charge in [0.15, 0.2) is 0 Å². The molecule has 3 fully saturated rings. The minimum atomic E-state index is 0.225. The molecule has 0 spiro atoms. The summed E-state index contributed by atoms with van der Waals surface area (Å²) in [6.07, 6.45) is 9.44. The fraction of sp³-hybridized carbons (Fsp3) is 0.933. The highest BCUT2D eigenvalue weighted by molar-refractivity contribution is 5.80. The van der Waals surface area contributed by atoms with Crippen molar-refractivity contribution in [1.29, 1.82) is 0 Å². The molecule has 18 heavy (non-hydrogen) atoms. The second kappa shape index (κ2) is 4.84. The molecule has 3 heteroatoms. The number of carbonyl (C=O) groups is 1. The highest BCUT2D eigenvalue weighted by Gasteiger charge is 2.44. The van der Waals surface area contributed by atoms with Crippen molar-refractivity contribution in [2.45, 2.75) is 76.4 Å². The molecular formula is C15H26N2O. The highest BCUT2D eigenvalue weighted by Crippen LogP contribution is 2.41. The molecule has 1 heterocycles. The molecule has 2 saturated carbocycles. The zero-order chi connectivity index (χ0) is 12.7. The van der Waals surface area contributed by atoms with Gasteiger partial charge in [0.1, 0.15) is 0 Å². The number of rotatable bonds is 1. The van der Waals surface area contributed by atoms with E-state index in [9.17, 15) is 4.79 Å². The van der Waals surface area contributed by atoms with Gasteiger partial charge < -0.3 is 10.6 Å². The van der Waals surface area contributed by atoms with Crippen LogP contribution in [0.5, 0.6) is 0 Å². The van der Waals surface area contributed by atoms with Crippen molar-refractivity contribution in [2.24, 2.45) is 17.6 Å². The zero-order valence-corrected chi connectivity index (χ0v) is 11.5. The summed E-state index contributed by atoms with van der Waals surface area (Å²) in [5.74, 6) is 1.43. The second-order valence-electron chi connectivity index (χ2n) is 6.71. The first-order valence-corrected chi connectivity index (χ1v) is 7.74. The van der Waals surface area contributed by atoms with Crippen LogP contribution in [-0.2, 0) is 4.79 Å². The molecule has 1 aliphatic heterocycles. The Hall–Kier alpha value is -0.570. The molecule has 0 aromatic heterocycles. The largest absolute Gasteiger partial charge is 0.336 e. The molecule has 0 unspecified atom stereocenters. The minimum Gasteiger partial charge on any atom is -0.336 e. The number of carbonyl (C=O) groups excluding carboxylic acids is 1. The van der Waals surface area contributed by atoms with E-state index in [1.165, 1.54) is 32.1 Å². The molecular weight excluding hydrogens is 224 g/mol. The number of amides is 1. The number of hydrogen-bond acceptors (Lipinski definition) is 2. The summed E-state index contributed by atoms with van der Waals surface area (Å²) in [6, 6.07) is 1.28. The van der Waals surface area contributed by atoms with Crippen LogP contribution in [0, 0.1) is 11.8 Å². The van der Waals surface area contributed by atoms with Gasteiger partial charge in [0, 0.05) is 24.0 Å². The summed E-state index contributed by atoms with van der Waals surface area (Å²) in [5, 5.41) is 0. The Kier molecular flexibility index (Phi) is 3.35. The zero-order valence-electron chi connectivity index (χ0n) is 11.5. The van der Waals surface area contributed by atoms with Crippen LogP contribution in [0.3, 0.4) is 0 Å². The Morgan fingerprint density at radius 2 is 1.89 bits per heavy atom. The van der Waals surface area contributed by atoms with Crippen LogP contribution in [0.1, 0.15) is 58.3 Å². The molecule has 2 N–H and O–H groups in total. The highest BCUT2D eigenvalue weighted by atomic mass is 16.2. The second-order valence-corrected chi connectivity index (χ2v) is 6.71. The maximum Gasteiger partial charge on any atom is 0.226 e. The molecule has 2 aliphatic carbocycles. The fourth-order valence-corrected chi connectivity index (χ4v) is 4.54. The summed E-state index contributed by atoms with van der Waals surface area (Å²) < 4.78 is 0. The normalized spacial score (nSPS) is 44.1. The predicted octanol–water partition coefficient (Wildman–Crippen LogP) is 2.29. The van der Waals surface area contributed by atoms with E-state index < -0.39 is 0 Å². The predicted molar refractivity (Wildman–Crippen MR) is 72.0 cm³/mol. The van der Waals surface area contributed by atoms with Gasteiger partial charge in [-0.05, 0) is 51.4 Å². The monoisotopic (exact) mass is 250 g/mol. The van der Waals surface area contributed by atoms with Crippen LogP contribution in [0.4, 0.5) is 0 Å². The average Bonchev–Trinajstić information content (AvgIpc) is 2.91. The Morgan fingerprint density at radius 3 is 2.61 bits per heavy atom. The number of fused-ring (bicyclic) bond motifs is 1. The lowest BCUT2D eigenvalue weighted by atomic mass is 9.84. The van der Waals surface area contributed by atoms with E-state index in [4.69, 9.17) is 5.73 Å². The lowest BCUT2D eigenvalue weighted by molar-refractivity contribution is -0.138. The topological polar surface area (TPSA) is 46.3 Å². The molecule has 102 valence electrons. The molecule has 3 aliphatic rings. The standard InChI is InChI=1S/C15H26N2O/c1-10-8-11-4-2-3-5-14(11)17(10)15(18)12-6-7-13(16)9-12/h10-14H,2-9,16H2,1H3/t10-,11+,12-,13+,14+/m1/s1. The fourth-order valence-electron chi connectivity index (χ4n) is 4.54. The SMILES string of the molecule is C[C@@H]1C[C@@H]2CCCC[C@@H]2N1C(=O)[C@@H]1CC[C@H](N)C1. The summed E-state index contributed by atoms with van der Waals surface area (Å²) in [4.78, 5) is 15.0. The van der Waals surface area contributed by atoms with E-state index in [1.807, 2.05) is 0 Å². The van der Waals surface area contributed by atoms with Gasteiger partial charge in [-0.25, -0.2) is 0 Å². The van der Waals surface area contributed by atoms with E-state index >= 15 is 0 Å². The van der Waals surface area contributed by atoms with Crippen LogP contribution in [0.2, 0.25) is 0 Å². The summed E-state index contributed by atoms with van der Waals surface area (Å²) in [5.41, 5.74) is 5.96. The number of nitrogens with zero attached hydrogens (tertiary/aromatic N) is 1. The smallest absolute Gasteiger partial charge is 0.226 e. The molecule has 3 rings (SSSR count). The van der Waals surface area contributed by atoms with Crippen molar-refractivity contribution in [3.05, 3.63) is 0 Å². The van der Waals surface area contributed by atoms with E-state index in [2.05, 4.69) is 11.8 Å². The van der Waals surface area contributed by atoms with Crippen molar-refractivity contribution < 1.29 is 4.79 Å². The van der Waals surface area contributed by atoms with Gasteiger partial charge in [0.25, 0.3) is 0 Å². The lowest BCUT2D eigenvalue weighted by Crippen LogP contribution is -2.45. The maximum atomic E-state index is 12.7. The molecule has 0 radical (unpaired) electrons. The third kappa shape index (κ3) is 2.07. The third-order valence-corrected chi connectivity index (χ3v) is 5.42.